The molecule has 1 aromatic carbocycles. The molecule has 0 saturated carbocycles. The number of hydrogen-bond donors (Lipinski definition) is 0. The second kappa shape index (κ2) is 7.80. The van der Waals surface area contributed by atoms with Gasteiger partial charge in [-0.05, 0) is 33.9 Å². The molecule has 0 radical (unpaired) electrons. The molecule has 0 aromatic heterocycles. The molecule has 0 aliphatic rings. The lowest BCUT2D eigenvalue weighted by Crippen LogP contribution is -2.40. The molecule has 0 aliphatic heterocycles. The van der Waals surface area contributed by atoms with Crippen LogP contribution < -0.4 is 0 Å². The van der Waals surface area contributed by atoms with E-state index in [4.69, 9.17) is 0 Å². The highest BCUT2D eigenvalue weighted by molar-refractivity contribution is 5.98. The largest absolute Gasteiger partial charge is 0.342 e. The Hall–Kier alpha value is -1.68. The number of benzene rings is 1. The van der Waals surface area contributed by atoms with Crippen LogP contribution in [-0.2, 0) is 4.79 Å². The van der Waals surface area contributed by atoms with Crippen molar-refractivity contribution in [2.24, 2.45) is 0 Å². The summed E-state index contributed by atoms with van der Waals surface area (Å²) in [6.07, 6.45) is 0. The summed E-state index contributed by atoms with van der Waals surface area (Å²) < 4.78 is 0. The van der Waals surface area contributed by atoms with Crippen LogP contribution in [0.15, 0.2) is 24.3 Å². The van der Waals surface area contributed by atoms with E-state index in [0.717, 1.165) is 5.56 Å². The van der Waals surface area contributed by atoms with Crippen LogP contribution in [0.3, 0.4) is 0 Å². The molecule has 0 unspecified atom stereocenters. The van der Waals surface area contributed by atoms with Crippen molar-refractivity contribution in [1.82, 2.24) is 9.80 Å². The highest BCUT2D eigenvalue weighted by Gasteiger charge is 2.15. The van der Waals surface area contributed by atoms with Gasteiger partial charge >= 0.3 is 0 Å². The van der Waals surface area contributed by atoms with Crippen molar-refractivity contribution in [1.29, 1.82) is 0 Å². The molecule has 1 rings (SSSR count). The van der Waals surface area contributed by atoms with Crippen molar-refractivity contribution in [2.75, 3.05) is 33.2 Å². The predicted molar refractivity (Wildman–Crippen MR) is 80.9 cm³/mol. The van der Waals surface area contributed by atoms with Crippen LogP contribution >= 0.6 is 0 Å². The molecule has 0 N–H and O–H groups in total. The summed E-state index contributed by atoms with van der Waals surface area (Å²) in [5.74, 6) is 0.109. The first-order valence-corrected chi connectivity index (χ1v) is 7.04. The van der Waals surface area contributed by atoms with Gasteiger partial charge in [0.05, 0.1) is 13.1 Å². The topological polar surface area (TPSA) is 40.6 Å². The molecule has 1 aromatic rings. The lowest BCUT2D eigenvalue weighted by Gasteiger charge is -2.22. The average molecular weight is 276 g/mol. The molecule has 4 nitrogen and oxygen atoms in total. The zero-order chi connectivity index (χ0) is 15.1. The molecule has 0 aliphatic carbocycles. The van der Waals surface area contributed by atoms with Crippen molar-refractivity contribution in [2.45, 2.75) is 20.8 Å². The number of ketones is 1. The second-order valence-electron chi connectivity index (χ2n) is 5.03. The van der Waals surface area contributed by atoms with Crippen LogP contribution in [0.1, 0.15) is 29.8 Å². The molecule has 1 amide bonds. The predicted octanol–water partition coefficient (Wildman–Crippen LogP) is 1.98. The minimum Gasteiger partial charge on any atom is -0.342 e. The van der Waals surface area contributed by atoms with E-state index in [2.05, 4.69) is 0 Å². The first-order valence-electron chi connectivity index (χ1n) is 7.04. The maximum absolute atomic E-state index is 12.1. The van der Waals surface area contributed by atoms with E-state index in [-0.39, 0.29) is 24.8 Å². The fraction of sp³-hybridized carbons (Fsp3) is 0.500. The van der Waals surface area contributed by atoms with Gasteiger partial charge < -0.3 is 4.90 Å². The van der Waals surface area contributed by atoms with E-state index in [0.29, 0.717) is 18.7 Å². The Morgan fingerprint density at radius 3 is 2.30 bits per heavy atom. The summed E-state index contributed by atoms with van der Waals surface area (Å²) in [7, 11) is 1.80. The molecule has 0 bridgehead atoms. The van der Waals surface area contributed by atoms with Crippen molar-refractivity contribution in [3.63, 3.8) is 0 Å². The molecule has 0 spiro atoms. The van der Waals surface area contributed by atoms with Gasteiger partial charge in [0, 0.05) is 18.7 Å². The summed E-state index contributed by atoms with van der Waals surface area (Å²) in [6.45, 7) is 7.82. The number of carbonyl (C=O) groups excluding carboxylic acids is 2. The fourth-order valence-electron chi connectivity index (χ4n) is 2.12. The quantitative estimate of drug-likeness (QED) is 0.715. The van der Waals surface area contributed by atoms with Gasteiger partial charge in [-0.2, -0.15) is 0 Å². The van der Waals surface area contributed by atoms with Gasteiger partial charge in [-0.25, -0.2) is 0 Å². The summed E-state index contributed by atoms with van der Waals surface area (Å²) in [6, 6.07) is 7.53. The summed E-state index contributed by atoms with van der Waals surface area (Å²) >= 11 is 0. The van der Waals surface area contributed by atoms with Crippen molar-refractivity contribution >= 4 is 11.7 Å². The Labute approximate surface area is 121 Å². The Balaban J connectivity index is 2.56. The van der Waals surface area contributed by atoms with Gasteiger partial charge in [0.15, 0.2) is 5.78 Å². The van der Waals surface area contributed by atoms with E-state index in [1.165, 1.54) is 0 Å². The molecular formula is C16H24N2O2. The molecular weight excluding hydrogens is 252 g/mol. The first-order chi connectivity index (χ1) is 9.47. The average Bonchev–Trinajstić information content (AvgIpc) is 2.39. The Morgan fingerprint density at radius 1 is 1.10 bits per heavy atom. The van der Waals surface area contributed by atoms with E-state index >= 15 is 0 Å². The first kappa shape index (κ1) is 16.4. The molecule has 110 valence electrons. The van der Waals surface area contributed by atoms with E-state index in [9.17, 15) is 9.59 Å². The number of Topliss-reactive ketones (excluding diaryl/α,β-unsaturated/α-hetero) is 1. The zero-order valence-corrected chi connectivity index (χ0v) is 12.8. The third-order valence-corrected chi connectivity index (χ3v) is 3.27. The number of amides is 1. The highest BCUT2D eigenvalue weighted by Crippen LogP contribution is 2.05. The minimum absolute atomic E-state index is 0.0450. The van der Waals surface area contributed by atoms with Gasteiger partial charge in [0.2, 0.25) is 5.91 Å². The van der Waals surface area contributed by atoms with Gasteiger partial charge in [-0.3, -0.25) is 14.5 Å². The Morgan fingerprint density at radius 2 is 1.75 bits per heavy atom. The molecule has 0 atom stereocenters. The normalized spacial score (nSPS) is 10.7. The third kappa shape index (κ3) is 4.78. The van der Waals surface area contributed by atoms with E-state index in [1.54, 1.807) is 16.8 Å². The molecule has 0 saturated heterocycles. The van der Waals surface area contributed by atoms with Gasteiger partial charge in [-0.1, -0.05) is 23.8 Å². The lowest BCUT2D eigenvalue weighted by molar-refractivity contribution is -0.131. The van der Waals surface area contributed by atoms with Crippen LogP contribution in [0.2, 0.25) is 0 Å². The van der Waals surface area contributed by atoms with Gasteiger partial charge in [0.1, 0.15) is 0 Å². The molecule has 0 heterocycles. The molecule has 0 fully saturated rings. The van der Waals surface area contributed by atoms with E-state index < -0.39 is 0 Å². The second-order valence-corrected chi connectivity index (χ2v) is 5.03. The smallest absolute Gasteiger partial charge is 0.236 e. The maximum atomic E-state index is 12.1. The third-order valence-electron chi connectivity index (χ3n) is 3.27. The number of carbonyl (C=O) groups is 2. The molecule has 4 heteroatoms. The van der Waals surface area contributed by atoms with Crippen molar-refractivity contribution in [3.05, 3.63) is 35.4 Å². The van der Waals surface area contributed by atoms with Crippen LogP contribution in [0, 0.1) is 6.92 Å². The number of aryl methyl sites for hydroxylation is 1. The lowest BCUT2D eigenvalue weighted by atomic mass is 10.1. The Kier molecular flexibility index (Phi) is 6.39. The zero-order valence-electron chi connectivity index (χ0n) is 12.8. The van der Waals surface area contributed by atoms with Gasteiger partial charge in [0.25, 0.3) is 0 Å². The monoisotopic (exact) mass is 276 g/mol. The molecule has 20 heavy (non-hydrogen) atoms. The van der Waals surface area contributed by atoms with Crippen LogP contribution in [0.25, 0.3) is 0 Å². The van der Waals surface area contributed by atoms with Crippen molar-refractivity contribution < 1.29 is 9.59 Å². The minimum atomic E-state index is 0.0450. The fourth-order valence-corrected chi connectivity index (χ4v) is 2.12. The van der Waals surface area contributed by atoms with Crippen LogP contribution in [0.4, 0.5) is 0 Å². The van der Waals surface area contributed by atoms with Crippen LogP contribution in [-0.4, -0.2) is 54.7 Å². The number of rotatable bonds is 7. The summed E-state index contributed by atoms with van der Waals surface area (Å²) in [5, 5.41) is 0. The summed E-state index contributed by atoms with van der Waals surface area (Å²) in [4.78, 5) is 27.6. The van der Waals surface area contributed by atoms with Crippen molar-refractivity contribution in [3.8, 4) is 0 Å². The SMILES string of the molecule is CCN(CC)C(=O)CN(C)CC(=O)c1cccc(C)c1. The van der Waals surface area contributed by atoms with Crippen LogP contribution in [0.5, 0.6) is 0 Å². The number of likely N-dealkylation sites (N-methyl/N-ethyl adjacent to an activating group) is 2. The van der Waals surface area contributed by atoms with E-state index in [1.807, 2.05) is 45.0 Å². The highest BCUT2D eigenvalue weighted by atomic mass is 16.2. The van der Waals surface area contributed by atoms with Gasteiger partial charge in [-0.15, -0.1) is 0 Å². The Bertz CT molecular complexity index is 467. The maximum Gasteiger partial charge on any atom is 0.236 e. The number of hydrogen-bond acceptors (Lipinski definition) is 3. The standard InChI is InChI=1S/C16H24N2O2/c1-5-18(6-2)16(20)12-17(4)11-15(19)14-9-7-8-13(3)10-14/h7-10H,5-6,11-12H2,1-4H3. The summed E-state index contributed by atoms with van der Waals surface area (Å²) in [5.41, 5.74) is 1.77. The number of nitrogens with zero attached hydrogens (tertiary/aromatic N) is 2.